The number of rotatable bonds is 6. The number of hydrogen-bond donors (Lipinski definition) is 1. The van der Waals surface area contributed by atoms with Crippen molar-refractivity contribution in [2.75, 3.05) is 13.7 Å². The highest BCUT2D eigenvalue weighted by Crippen LogP contribution is 2.33. The summed E-state index contributed by atoms with van der Waals surface area (Å²) in [6.07, 6.45) is 4.79. The molecule has 0 saturated heterocycles. The van der Waals surface area contributed by atoms with Crippen molar-refractivity contribution in [3.63, 3.8) is 0 Å². The maximum absolute atomic E-state index is 5.27. The topological polar surface area (TPSA) is 34.2 Å². The summed E-state index contributed by atoms with van der Waals surface area (Å²) in [6, 6.07) is 2.41. The molecule has 0 saturated carbocycles. The van der Waals surface area contributed by atoms with Crippen LogP contribution in [0.4, 0.5) is 0 Å². The van der Waals surface area contributed by atoms with E-state index in [-0.39, 0.29) is 0 Å². The Morgan fingerprint density at radius 2 is 2.00 bits per heavy atom. The lowest BCUT2D eigenvalue weighted by Gasteiger charge is -2.31. The highest BCUT2D eigenvalue weighted by Gasteiger charge is 2.24. The van der Waals surface area contributed by atoms with Gasteiger partial charge in [0.05, 0.1) is 13.3 Å². The first kappa shape index (κ1) is 16.0. The summed E-state index contributed by atoms with van der Waals surface area (Å²) in [4.78, 5) is 4.26. The first-order valence-corrected chi connectivity index (χ1v) is 7.10. The van der Waals surface area contributed by atoms with Gasteiger partial charge in [0.25, 0.3) is 0 Å². The fourth-order valence-electron chi connectivity index (χ4n) is 2.03. The molecule has 0 fully saturated rings. The number of aromatic nitrogens is 1. The molecule has 2 atom stereocenters. The van der Waals surface area contributed by atoms with E-state index in [0.29, 0.717) is 17.4 Å². The molecule has 0 spiro atoms. The van der Waals surface area contributed by atoms with Crippen LogP contribution in [0.1, 0.15) is 52.6 Å². The third kappa shape index (κ3) is 4.83. The summed E-state index contributed by atoms with van der Waals surface area (Å²) in [5.41, 5.74) is 1.53. The summed E-state index contributed by atoms with van der Waals surface area (Å²) in [7, 11) is 1.68. The van der Waals surface area contributed by atoms with Crippen LogP contribution in [-0.4, -0.2) is 18.6 Å². The van der Waals surface area contributed by atoms with E-state index in [2.05, 4.69) is 51.0 Å². The van der Waals surface area contributed by atoms with Gasteiger partial charge in [-0.05, 0) is 35.9 Å². The molecule has 0 radical (unpaired) electrons. The zero-order chi connectivity index (χ0) is 14.5. The maximum atomic E-state index is 5.27. The summed E-state index contributed by atoms with van der Waals surface area (Å²) in [6.45, 7) is 12.3. The molecule has 3 nitrogen and oxygen atoms in total. The number of nitrogens with zero attached hydrogens (tertiary/aromatic N) is 1. The van der Waals surface area contributed by atoms with Gasteiger partial charge >= 0.3 is 0 Å². The van der Waals surface area contributed by atoms with Crippen LogP contribution >= 0.6 is 0 Å². The molecule has 1 heterocycles. The molecule has 19 heavy (non-hydrogen) atoms. The number of nitrogens with one attached hydrogen (secondary N) is 1. The monoisotopic (exact) mass is 264 g/mol. The van der Waals surface area contributed by atoms with Crippen LogP contribution in [0.2, 0.25) is 0 Å². The highest BCUT2D eigenvalue weighted by atomic mass is 16.5. The molecular formula is C16H28N2O. The Kier molecular flexibility index (Phi) is 5.80. The molecule has 1 aromatic rings. The minimum Gasteiger partial charge on any atom is -0.495 e. The van der Waals surface area contributed by atoms with Gasteiger partial charge in [0, 0.05) is 12.2 Å². The number of hydrogen-bond acceptors (Lipinski definition) is 3. The fourth-order valence-corrected chi connectivity index (χ4v) is 2.03. The van der Waals surface area contributed by atoms with Gasteiger partial charge in [-0.2, -0.15) is 0 Å². The van der Waals surface area contributed by atoms with Gasteiger partial charge in [0.2, 0.25) is 0 Å². The molecule has 0 amide bonds. The molecular weight excluding hydrogens is 236 g/mol. The number of pyridine rings is 1. The molecule has 0 aliphatic carbocycles. The Labute approximate surface area is 117 Å². The Morgan fingerprint density at radius 3 is 2.53 bits per heavy atom. The second-order valence-electron chi connectivity index (χ2n) is 6.27. The van der Waals surface area contributed by atoms with Crippen LogP contribution in [-0.2, 0) is 0 Å². The molecule has 1 aromatic heterocycles. The molecule has 1 rings (SSSR count). The summed E-state index contributed by atoms with van der Waals surface area (Å²) in [5, 5.41) is 3.56. The van der Waals surface area contributed by atoms with Gasteiger partial charge in [-0.25, -0.2) is 0 Å². The van der Waals surface area contributed by atoms with Crippen molar-refractivity contribution < 1.29 is 4.74 Å². The second-order valence-corrected chi connectivity index (χ2v) is 6.27. The maximum Gasteiger partial charge on any atom is 0.137 e. The van der Waals surface area contributed by atoms with Crippen molar-refractivity contribution in [1.82, 2.24) is 10.3 Å². The van der Waals surface area contributed by atoms with Gasteiger partial charge in [-0.3, -0.25) is 4.98 Å². The number of ether oxygens (including phenoxy) is 1. The van der Waals surface area contributed by atoms with E-state index in [1.165, 1.54) is 5.56 Å². The lowest BCUT2D eigenvalue weighted by Crippen LogP contribution is -2.27. The van der Waals surface area contributed by atoms with Crippen molar-refractivity contribution in [2.45, 2.75) is 47.1 Å². The minimum atomic E-state index is 0.319. The van der Waals surface area contributed by atoms with Crippen LogP contribution < -0.4 is 10.1 Å². The van der Waals surface area contributed by atoms with Crippen molar-refractivity contribution >= 4 is 0 Å². The normalized spacial score (nSPS) is 15.1. The van der Waals surface area contributed by atoms with Gasteiger partial charge in [-0.15, -0.1) is 0 Å². The van der Waals surface area contributed by atoms with Crippen molar-refractivity contribution in [3.05, 3.63) is 24.0 Å². The van der Waals surface area contributed by atoms with Gasteiger partial charge in [0.1, 0.15) is 5.75 Å². The lowest BCUT2D eigenvalue weighted by atomic mass is 9.77. The predicted octanol–water partition coefficient (Wildman–Crippen LogP) is 3.81. The van der Waals surface area contributed by atoms with Crippen LogP contribution in [0.15, 0.2) is 18.5 Å². The van der Waals surface area contributed by atoms with Crippen LogP contribution in [0.5, 0.6) is 5.75 Å². The van der Waals surface area contributed by atoms with E-state index >= 15 is 0 Å². The first-order valence-electron chi connectivity index (χ1n) is 7.10. The molecule has 0 aliphatic rings. The second kappa shape index (κ2) is 6.90. The smallest absolute Gasteiger partial charge is 0.137 e. The van der Waals surface area contributed by atoms with Gasteiger partial charge < -0.3 is 10.1 Å². The van der Waals surface area contributed by atoms with Crippen LogP contribution in [0.25, 0.3) is 0 Å². The van der Waals surface area contributed by atoms with E-state index in [4.69, 9.17) is 4.74 Å². The van der Waals surface area contributed by atoms with Crippen molar-refractivity contribution in [3.8, 4) is 5.75 Å². The molecule has 2 unspecified atom stereocenters. The highest BCUT2D eigenvalue weighted by molar-refractivity contribution is 5.26. The molecule has 0 aromatic carbocycles. The van der Waals surface area contributed by atoms with E-state index in [9.17, 15) is 0 Å². The predicted molar refractivity (Wildman–Crippen MR) is 80.4 cm³/mol. The SMILES string of the molecule is CCNC(CC(C)C(C)(C)C)c1cncc(OC)c1. The zero-order valence-corrected chi connectivity index (χ0v) is 13.2. The summed E-state index contributed by atoms with van der Waals surface area (Å²) < 4.78 is 5.27. The average molecular weight is 264 g/mol. The quantitative estimate of drug-likeness (QED) is 0.848. The Balaban J connectivity index is 2.87. The number of methoxy groups -OCH3 is 1. The van der Waals surface area contributed by atoms with Gasteiger partial charge in [-0.1, -0.05) is 34.6 Å². The largest absolute Gasteiger partial charge is 0.495 e. The van der Waals surface area contributed by atoms with Crippen molar-refractivity contribution in [2.24, 2.45) is 11.3 Å². The molecule has 0 aliphatic heterocycles. The lowest BCUT2D eigenvalue weighted by molar-refractivity contribution is 0.223. The zero-order valence-electron chi connectivity index (χ0n) is 13.2. The first-order chi connectivity index (χ1) is 8.88. The van der Waals surface area contributed by atoms with Gasteiger partial charge in [0.15, 0.2) is 0 Å². The third-order valence-electron chi connectivity index (χ3n) is 3.89. The third-order valence-corrected chi connectivity index (χ3v) is 3.89. The standard InChI is InChI=1S/C16H28N2O/c1-7-18-15(8-12(2)16(3,4)5)13-9-14(19-6)11-17-10-13/h9-12,15,18H,7-8H2,1-6H3. The Morgan fingerprint density at radius 1 is 1.32 bits per heavy atom. The van der Waals surface area contributed by atoms with Crippen LogP contribution in [0, 0.1) is 11.3 Å². The average Bonchev–Trinajstić information content (AvgIpc) is 2.37. The molecule has 108 valence electrons. The Hall–Kier alpha value is -1.09. The summed E-state index contributed by atoms with van der Waals surface area (Å²) >= 11 is 0. The van der Waals surface area contributed by atoms with E-state index in [0.717, 1.165) is 18.7 Å². The summed E-state index contributed by atoms with van der Waals surface area (Å²) in [5.74, 6) is 1.45. The van der Waals surface area contributed by atoms with E-state index in [1.54, 1.807) is 13.3 Å². The van der Waals surface area contributed by atoms with E-state index in [1.807, 2.05) is 6.20 Å². The van der Waals surface area contributed by atoms with Crippen LogP contribution in [0.3, 0.4) is 0 Å². The van der Waals surface area contributed by atoms with Crippen molar-refractivity contribution in [1.29, 1.82) is 0 Å². The molecule has 1 N–H and O–H groups in total. The minimum absolute atomic E-state index is 0.319. The Bertz CT molecular complexity index is 385. The van der Waals surface area contributed by atoms with E-state index < -0.39 is 0 Å². The molecule has 3 heteroatoms. The fraction of sp³-hybridized carbons (Fsp3) is 0.688. The molecule has 0 bridgehead atoms.